The van der Waals surface area contributed by atoms with Gasteiger partial charge in [-0.3, -0.25) is 4.98 Å². The smallest absolute Gasteiger partial charge is 0.319 e. The quantitative estimate of drug-likeness (QED) is 0.885. The zero-order valence-electron chi connectivity index (χ0n) is 13.3. The number of hydrogen-bond acceptors (Lipinski definition) is 5. The molecule has 0 aliphatic heterocycles. The fourth-order valence-corrected chi connectivity index (χ4v) is 1.99. The maximum absolute atomic E-state index is 12.0. The minimum atomic E-state index is -0.307. The van der Waals surface area contributed by atoms with Crippen molar-refractivity contribution in [2.75, 3.05) is 24.3 Å². The molecule has 0 saturated heterocycles. The van der Waals surface area contributed by atoms with Crippen molar-refractivity contribution >= 4 is 17.4 Å². The molecule has 118 valence electrons. The van der Waals surface area contributed by atoms with Crippen LogP contribution in [0, 0.1) is 6.92 Å². The third-order valence-corrected chi connectivity index (χ3v) is 3.24. The second-order valence-electron chi connectivity index (χ2n) is 5.13. The number of nitrogens with one attached hydrogen (secondary N) is 2. The average Bonchev–Trinajstić information content (AvgIpc) is 2.86. The van der Waals surface area contributed by atoms with E-state index in [1.807, 2.05) is 38.1 Å². The van der Waals surface area contributed by atoms with E-state index in [1.54, 1.807) is 13.1 Å². The van der Waals surface area contributed by atoms with Crippen LogP contribution >= 0.6 is 0 Å². The van der Waals surface area contributed by atoms with E-state index in [9.17, 15) is 4.79 Å². The number of aromatic nitrogens is 2. The highest BCUT2D eigenvalue weighted by atomic mass is 16.5. The molecule has 2 N–H and O–H groups in total. The Morgan fingerprint density at radius 1 is 1.41 bits per heavy atom. The molecule has 0 spiro atoms. The lowest BCUT2D eigenvalue weighted by Crippen LogP contribution is -2.29. The number of nitrogens with zero attached hydrogens (tertiary/aromatic N) is 3. The zero-order chi connectivity index (χ0) is 16.1. The summed E-state index contributed by atoms with van der Waals surface area (Å²) in [5.41, 5.74) is 3.13. The van der Waals surface area contributed by atoms with E-state index in [2.05, 4.69) is 20.8 Å². The van der Waals surface area contributed by atoms with E-state index in [1.165, 1.54) is 0 Å². The summed E-state index contributed by atoms with van der Waals surface area (Å²) in [6.45, 7) is 4.08. The monoisotopic (exact) mass is 303 g/mol. The van der Waals surface area contributed by atoms with Crippen LogP contribution in [-0.4, -0.2) is 30.3 Å². The number of carbonyl (C=O) groups is 1. The summed E-state index contributed by atoms with van der Waals surface area (Å²) in [6, 6.07) is 3.54. The number of carbonyl (C=O) groups excluding carboxylic acids is 1. The summed E-state index contributed by atoms with van der Waals surface area (Å²) in [5.74, 6) is 0.667. The van der Waals surface area contributed by atoms with Gasteiger partial charge >= 0.3 is 6.03 Å². The van der Waals surface area contributed by atoms with Gasteiger partial charge in [-0.15, -0.1) is 0 Å². The van der Waals surface area contributed by atoms with Crippen LogP contribution in [0.2, 0.25) is 0 Å². The normalized spacial score (nSPS) is 10.4. The number of hydrogen-bond donors (Lipinski definition) is 2. The van der Waals surface area contributed by atoms with Crippen LogP contribution in [0.3, 0.4) is 0 Å². The van der Waals surface area contributed by atoms with E-state index in [0.717, 1.165) is 11.4 Å². The van der Waals surface area contributed by atoms with Crippen molar-refractivity contribution in [1.82, 2.24) is 15.5 Å². The van der Waals surface area contributed by atoms with E-state index in [-0.39, 0.29) is 6.03 Å². The van der Waals surface area contributed by atoms with Gasteiger partial charge in [0.2, 0.25) is 0 Å². The molecule has 2 amide bonds. The van der Waals surface area contributed by atoms with Crippen molar-refractivity contribution in [2.24, 2.45) is 0 Å². The number of pyridine rings is 1. The SMILES string of the molecule is CCc1onc(C)c1NC(=O)NCc1cc(N(C)C)ccn1. The van der Waals surface area contributed by atoms with Gasteiger partial charge in [0.25, 0.3) is 0 Å². The average molecular weight is 303 g/mol. The number of aryl methyl sites for hydroxylation is 2. The first kappa shape index (κ1) is 15.8. The third-order valence-electron chi connectivity index (χ3n) is 3.24. The van der Waals surface area contributed by atoms with Crippen LogP contribution < -0.4 is 15.5 Å². The fraction of sp³-hybridized carbons (Fsp3) is 0.400. The first-order valence-electron chi connectivity index (χ1n) is 7.13. The van der Waals surface area contributed by atoms with Gasteiger partial charge in [0.05, 0.1) is 12.2 Å². The van der Waals surface area contributed by atoms with Crippen molar-refractivity contribution in [2.45, 2.75) is 26.8 Å². The molecule has 0 unspecified atom stereocenters. The highest BCUT2D eigenvalue weighted by Crippen LogP contribution is 2.20. The van der Waals surface area contributed by atoms with E-state index in [4.69, 9.17) is 4.52 Å². The molecule has 0 aromatic carbocycles. The second-order valence-corrected chi connectivity index (χ2v) is 5.13. The summed E-state index contributed by atoms with van der Waals surface area (Å²) in [7, 11) is 3.92. The summed E-state index contributed by atoms with van der Waals surface area (Å²) >= 11 is 0. The molecule has 0 radical (unpaired) electrons. The Kier molecular flexibility index (Phi) is 4.98. The van der Waals surface area contributed by atoms with Crippen molar-refractivity contribution in [3.63, 3.8) is 0 Å². The molecule has 2 rings (SSSR count). The Labute approximate surface area is 129 Å². The van der Waals surface area contributed by atoms with Crippen LogP contribution in [0.25, 0.3) is 0 Å². The van der Waals surface area contributed by atoms with Gasteiger partial charge in [0.1, 0.15) is 11.4 Å². The number of urea groups is 1. The first-order valence-corrected chi connectivity index (χ1v) is 7.13. The minimum Gasteiger partial charge on any atom is -0.378 e. The number of rotatable bonds is 5. The molecule has 2 heterocycles. The van der Waals surface area contributed by atoms with Crippen LogP contribution in [0.4, 0.5) is 16.2 Å². The molecule has 2 aromatic heterocycles. The summed E-state index contributed by atoms with van der Waals surface area (Å²) in [6.07, 6.45) is 2.40. The summed E-state index contributed by atoms with van der Waals surface area (Å²) in [5, 5.41) is 9.41. The standard InChI is InChI=1S/C15H21N5O2/c1-5-13-14(10(2)19-22-13)18-15(21)17-9-11-8-12(20(3)4)6-7-16-11/h6-8H,5,9H2,1-4H3,(H2,17,18,21). The lowest BCUT2D eigenvalue weighted by atomic mass is 10.2. The second kappa shape index (κ2) is 6.93. The molecular weight excluding hydrogens is 282 g/mol. The van der Waals surface area contributed by atoms with E-state index < -0.39 is 0 Å². The fourth-order valence-electron chi connectivity index (χ4n) is 1.99. The zero-order valence-corrected chi connectivity index (χ0v) is 13.3. The molecule has 22 heavy (non-hydrogen) atoms. The minimum absolute atomic E-state index is 0.307. The van der Waals surface area contributed by atoms with Gasteiger partial charge in [-0.05, 0) is 19.1 Å². The predicted octanol–water partition coefficient (Wildman–Crippen LogP) is 2.33. The van der Waals surface area contributed by atoms with E-state index >= 15 is 0 Å². The molecular formula is C15H21N5O2. The highest BCUT2D eigenvalue weighted by molar-refractivity contribution is 5.90. The molecule has 0 saturated carbocycles. The van der Waals surface area contributed by atoms with Crippen molar-refractivity contribution in [3.05, 3.63) is 35.5 Å². The Bertz CT molecular complexity index is 651. The first-order chi connectivity index (χ1) is 10.5. The molecule has 2 aromatic rings. The highest BCUT2D eigenvalue weighted by Gasteiger charge is 2.14. The molecule has 0 fully saturated rings. The maximum Gasteiger partial charge on any atom is 0.319 e. The molecule has 7 nitrogen and oxygen atoms in total. The summed E-state index contributed by atoms with van der Waals surface area (Å²) in [4.78, 5) is 18.2. The summed E-state index contributed by atoms with van der Waals surface area (Å²) < 4.78 is 5.14. The van der Waals surface area contributed by atoms with Crippen molar-refractivity contribution in [3.8, 4) is 0 Å². The van der Waals surface area contributed by atoms with Gasteiger partial charge in [-0.2, -0.15) is 0 Å². The lowest BCUT2D eigenvalue weighted by molar-refractivity contribution is 0.251. The Balaban J connectivity index is 1.95. The van der Waals surface area contributed by atoms with Crippen LogP contribution in [0.1, 0.15) is 24.1 Å². The molecule has 0 bridgehead atoms. The van der Waals surface area contributed by atoms with Gasteiger partial charge in [0.15, 0.2) is 5.76 Å². The van der Waals surface area contributed by atoms with Crippen LogP contribution in [0.5, 0.6) is 0 Å². The Morgan fingerprint density at radius 2 is 2.18 bits per heavy atom. The molecule has 0 aliphatic rings. The molecule has 7 heteroatoms. The van der Waals surface area contributed by atoms with Crippen molar-refractivity contribution < 1.29 is 9.32 Å². The largest absolute Gasteiger partial charge is 0.378 e. The predicted molar refractivity (Wildman–Crippen MR) is 85.0 cm³/mol. The lowest BCUT2D eigenvalue weighted by Gasteiger charge is -2.13. The van der Waals surface area contributed by atoms with E-state index in [0.29, 0.717) is 30.1 Å². The molecule has 0 aliphatic carbocycles. The topological polar surface area (TPSA) is 83.3 Å². The number of amides is 2. The van der Waals surface area contributed by atoms with Gasteiger partial charge in [-0.1, -0.05) is 12.1 Å². The third kappa shape index (κ3) is 3.75. The Morgan fingerprint density at radius 3 is 2.86 bits per heavy atom. The number of anilines is 2. The maximum atomic E-state index is 12.0. The van der Waals surface area contributed by atoms with Gasteiger partial charge in [-0.25, -0.2) is 4.79 Å². The van der Waals surface area contributed by atoms with Gasteiger partial charge < -0.3 is 20.1 Å². The van der Waals surface area contributed by atoms with Crippen LogP contribution in [0.15, 0.2) is 22.9 Å². The Hall–Kier alpha value is -2.57. The van der Waals surface area contributed by atoms with Crippen LogP contribution in [-0.2, 0) is 13.0 Å². The van der Waals surface area contributed by atoms with Gasteiger partial charge in [0, 0.05) is 32.4 Å². The van der Waals surface area contributed by atoms with Crippen molar-refractivity contribution in [1.29, 1.82) is 0 Å². The molecule has 0 atom stereocenters.